The minimum atomic E-state index is -0.311. The zero-order valence-electron chi connectivity index (χ0n) is 19.6. The number of carbonyl (C=O) groups excluding carboxylic acids is 2. The maximum absolute atomic E-state index is 12.7. The molecular formula is C25H27ClN2O4S2. The number of rotatable bonds is 9. The Labute approximate surface area is 214 Å². The Hall–Kier alpha value is -2.55. The van der Waals surface area contributed by atoms with Crippen LogP contribution in [0.1, 0.15) is 37.0 Å². The standard InChI is InChI=1S/C25H27ClN2O4S2/c1-5-9-28-24(30)21(34-25(28)33)13-17-11-18(26)23(20(12-17)31-6-2)32-14-22(29)27-19-8-7-15(3)10-16(19)4/h7-8,10-13H,5-6,9,14H2,1-4H3,(H,27,29)/b21-13-. The highest BCUT2D eigenvalue weighted by Crippen LogP contribution is 2.39. The van der Waals surface area contributed by atoms with Gasteiger partial charge in [-0.1, -0.05) is 60.2 Å². The molecule has 0 aliphatic carbocycles. The van der Waals surface area contributed by atoms with Crippen LogP contribution < -0.4 is 14.8 Å². The van der Waals surface area contributed by atoms with E-state index in [0.29, 0.717) is 33.7 Å². The second kappa shape index (κ2) is 11.7. The zero-order valence-corrected chi connectivity index (χ0v) is 22.0. The van der Waals surface area contributed by atoms with Crippen molar-refractivity contribution in [1.29, 1.82) is 0 Å². The monoisotopic (exact) mass is 518 g/mol. The minimum absolute atomic E-state index is 0.116. The number of thioether (sulfide) groups is 1. The van der Waals surface area contributed by atoms with Gasteiger partial charge in [0.05, 0.1) is 16.5 Å². The van der Waals surface area contributed by atoms with E-state index in [-0.39, 0.29) is 29.2 Å². The normalized spacial score (nSPS) is 14.6. The number of aryl methyl sites for hydroxylation is 2. The van der Waals surface area contributed by atoms with Crippen molar-refractivity contribution in [2.75, 3.05) is 25.1 Å². The smallest absolute Gasteiger partial charge is 0.266 e. The summed E-state index contributed by atoms with van der Waals surface area (Å²) in [5, 5.41) is 3.13. The fourth-order valence-electron chi connectivity index (χ4n) is 3.42. The van der Waals surface area contributed by atoms with E-state index in [2.05, 4.69) is 5.32 Å². The molecule has 1 fully saturated rings. The van der Waals surface area contributed by atoms with Crippen LogP contribution >= 0.6 is 35.6 Å². The van der Waals surface area contributed by atoms with E-state index in [4.69, 9.17) is 33.3 Å². The van der Waals surface area contributed by atoms with Gasteiger partial charge in [0.1, 0.15) is 4.32 Å². The highest BCUT2D eigenvalue weighted by molar-refractivity contribution is 8.26. The number of thiocarbonyl (C=S) groups is 1. The fourth-order valence-corrected chi connectivity index (χ4v) is 5.00. The van der Waals surface area contributed by atoms with Gasteiger partial charge in [-0.05, 0) is 62.6 Å². The molecule has 0 spiro atoms. The SMILES string of the molecule is CCCN1C(=O)/C(=C/c2cc(Cl)c(OCC(=O)Nc3ccc(C)cc3C)c(OCC)c2)SC1=S. The molecule has 1 saturated heterocycles. The summed E-state index contributed by atoms with van der Waals surface area (Å²) in [5.74, 6) is 0.239. The second-order valence-electron chi connectivity index (χ2n) is 7.75. The Bertz CT molecular complexity index is 1150. The number of anilines is 1. The summed E-state index contributed by atoms with van der Waals surface area (Å²) in [6.07, 6.45) is 2.56. The topological polar surface area (TPSA) is 67.9 Å². The Morgan fingerprint density at radius 1 is 1.21 bits per heavy atom. The average molecular weight is 519 g/mol. The van der Waals surface area contributed by atoms with Gasteiger partial charge >= 0.3 is 0 Å². The van der Waals surface area contributed by atoms with Gasteiger partial charge in [0.15, 0.2) is 18.1 Å². The van der Waals surface area contributed by atoms with Crippen LogP contribution in [0.15, 0.2) is 35.2 Å². The number of hydrogen-bond donors (Lipinski definition) is 1. The quantitative estimate of drug-likeness (QED) is 0.325. The van der Waals surface area contributed by atoms with Crippen LogP contribution in [0.25, 0.3) is 6.08 Å². The lowest BCUT2D eigenvalue weighted by atomic mass is 10.1. The van der Waals surface area contributed by atoms with Crippen molar-refractivity contribution in [3.05, 3.63) is 56.9 Å². The van der Waals surface area contributed by atoms with E-state index in [1.165, 1.54) is 11.8 Å². The Balaban J connectivity index is 1.77. The number of amides is 2. The molecule has 6 nitrogen and oxygen atoms in total. The van der Waals surface area contributed by atoms with Crippen molar-refractivity contribution >= 4 is 63.5 Å². The molecular weight excluding hydrogens is 492 g/mol. The molecule has 2 aromatic rings. The van der Waals surface area contributed by atoms with Crippen molar-refractivity contribution in [3.8, 4) is 11.5 Å². The van der Waals surface area contributed by atoms with Crippen LogP contribution in [-0.2, 0) is 9.59 Å². The van der Waals surface area contributed by atoms with Crippen LogP contribution in [0.3, 0.4) is 0 Å². The van der Waals surface area contributed by atoms with Crippen LogP contribution in [0.2, 0.25) is 5.02 Å². The summed E-state index contributed by atoms with van der Waals surface area (Å²) in [6.45, 7) is 8.50. The van der Waals surface area contributed by atoms with E-state index >= 15 is 0 Å². The molecule has 1 heterocycles. The van der Waals surface area contributed by atoms with Crippen LogP contribution in [0.5, 0.6) is 11.5 Å². The molecule has 0 radical (unpaired) electrons. The van der Waals surface area contributed by atoms with Crippen LogP contribution in [0.4, 0.5) is 5.69 Å². The van der Waals surface area contributed by atoms with E-state index in [1.54, 1.807) is 23.1 Å². The van der Waals surface area contributed by atoms with Crippen molar-refractivity contribution in [3.63, 3.8) is 0 Å². The van der Waals surface area contributed by atoms with E-state index < -0.39 is 0 Å². The lowest BCUT2D eigenvalue weighted by molar-refractivity contribution is -0.122. The summed E-state index contributed by atoms with van der Waals surface area (Å²) < 4.78 is 12.0. The minimum Gasteiger partial charge on any atom is -0.490 e. The molecule has 0 bridgehead atoms. The molecule has 1 aliphatic heterocycles. The molecule has 0 atom stereocenters. The number of hydrogen-bond acceptors (Lipinski definition) is 6. The molecule has 2 aromatic carbocycles. The first kappa shape index (κ1) is 26.1. The highest BCUT2D eigenvalue weighted by atomic mass is 35.5. The molecule has 0 saturated carbocycles. The molecule has 180 valence electrons. The molecule has 3 rings (SSSR count). The fraction of sp³-hybridized carbons (Fsp3) is 0.320. The van der Waals surface area contributed by atoms with E-state index in [9.17, 15) is 9.59 Å². The molecule has 1 aliphatic rings. The van der Waals surface area contributed by atoms with Gasteiger partial charge in [-0.25, -0.2) is 0 Å². The van der Waals surface area contributed by atoms with E-state index in [0.717, 1.165) is 23.2 Å². The Morgan fingerprint density at radius 3 is 2.65 bits per heavy atom. The number of nitrogens with zero attached hydrogens (tertiary/aromatic N) is 1. The number of halogens is 1. The van der Waals surface area contributed by atoms with Crippen molar-refractivity contribution < 1.29 is 19.1 Å². The number of carbonyl (C=O) groups is 2. The lowest BCUT2D eigenvalue weighted by Crippen LogP contribution is -2.28. The third kappa shape index (κ3) is 6.31. The first-order valence-corrected chi connectivity index (χ1v) is 12.5. The number of benzene rings is 2. The number of ether oxygens (including phenoxy) is 2. The first-order chi connectivity index (χ1) is 16.2. The second-order valence-corrected chi connectivity index (χ2v) is 9.83. The third-order valence-corrected chi connectivity index (χ3v) is 6.61. The largest absolute Gasteiger partial charge is 0.490 e. The van der Waals surface area contributed by atoms with Gasteiger partial charge in [-0.15, -0.1) is 0 Å². The third-order valence-electron chi connectivity index (χ3n) is 4.95. The summed E-state index contributed by atoms with van der Waals surface area (Å²) in [4.78, 5) is 27.2. The summed E-state index contributed by atoms with van der Waals surface area (Å²) in [7, 11) is 0. The number of nitrogens with one attached hydrogen (secondary N) is 1. The lowest BCUT2D eigenvalue weighted by Gasteiger charge is -2.15. The molecule has 1 N–H and O–H groups in total. The zero-order chi connectivity index (χ0) is 24.8. The van der Waals surface area contributed by atoms with Crippen LogP contribution in [0, 0.1) is 13.8 Å². The van der Waals surface area contributed by atoms with Gasteiger partial charge in [-0.2, -0.15) is 0 Å². The van der Waals surface area contributed by atoms with Gasteiger partial charge in [0.2, 0.25) is 0 Å². The molecule has 2 amide bonds. The maximum Gasteiger partial charge on any atom is 0.266 e. The van der Waals surface area contributed by atoms with E-state index in [1.807, 2.05) is 45.9 Å². The van der Waals surface area contributed by atoms with Gasteiger partial charge in [0.25, 0.3) is 11.8 Å². The van der Waals surface area contributed by atoms with Crippen molar-refractivity contribution in [2.45, 2.75) is 34.1 Å². The maximum atomic E-state index is 12.7. The summed E-state index contributed by atoms with van der Waals surface area (Å²) in [6, 6.07) is 9.20. The van der Waals surface area contributed by atoms with Gasteiger partial charge in [-0.3, -0.25) is 14.5 Å². The average Bonchev–Trinajstić information content (AvgIpc) is 3.03. The molecule has 0 aromatic heterocycles. The Kier molecular flexibility index (Phi) is 8.99. The predicted octanol–water partition coefficient (Wildman–Crippen LogP) is 5.98. The summed E-state index contributed by atoms with van der Waals surface area (Å²) >= 11 is 13.1. The first-order valence-electron chi connectivity index (χ1n) is 10.9. The highest BCUT2D eigenvalue weighted by Gasteiger charge is 2.31. The predicted molar refractivity (Wildman–Crippen MR) is 143 cm³/mol. The van der Waals surface area contributed by atoms with Gasteiger partial charge in [0, 0.05) is 12.2 Å². The van der Waals surface area contributed by atoms with Crippen molar-refractivity contribution in [2.24, 2.45) is 0 Å². The van der Waals surface area contributed by atoms with Crippen LogP contribution in [-0.4, -0.2) is 40.8 Å². The Morgan fingerprint density at radius 2 is 1.97 bits per heavy atom. The molecule has 34 heavy (non-hydrogen) atoms. The molecule has 0 unspecified atom stereocenters. The van der Waals surface area contributed by atoms with Gasteiger partial charge < -0.3 is 14.8 Å². The summed E-state index contributed by atoms with van der Waals surface area (Å²) in [5.41, 5.74) is 3.49. The van der Waals surface area contributed by atoms with Crippen molar-refractivity contribution in [1.82, 2.24) is 4.90 Å². The molecule has 9 heteroatoms.